The Morgan fingerprint density at radius 2 is 1.92 bits per heavy atom. The van der Waals surface area contributed by atoms with Crippen LogP contribution in [-0.4, -0.2) is 25.3 Å². The number of rotatable bonds is 10. The Labute approximate surface area is 214 Å². The van der Waals surface area contributed by atoms with Gasteiger partial charge in [0.15, 0.2) is 17.3 Å². The predicted octanol–water partition coefficient (Wildman–Crippen LogP) is 6.34. The highest BCUT2D eigenvalue weighted by molar-refractivity contribution is 7.08. The Kier molecular flexibility index (Phi) is 7.50. The Bertz CT molecular complexity index is 1310. The summed E-state index contributed by atoms with van der Waals surface area (Å²) in [5, 5.41) is 10.7. The third-order valence-corrected chi connectivity index (χ3v) is 6.88. The highest BCUT2D eigenvalue weighted by Crippen LogP contribution is 2.36. The molecule has 4 aromatic rings. The van der Waals surface area contributed by atoms with E-state index in [0.717, 1.165) is 35.1 Å². The van der Waals surface area contributed by atoms with Gasteiger partial charge in [-0.15, -0.1) is 0 Å². The van der Waals surface area contributed by atoms with Gasteiger partial charge in [-0.05, 0) is 71.3 Å². The number of amides is 1. The normalized spacial score (nSPS) is 14.1. The number of carbonyl (C=O) groups is 1. The van der Waals surface area contributed by atoms with E-state index in [1.54, 1.807) is 17.4 Å². The smallest absolute Gasteiger partial charge is 0.291 e. The second-order valence-electron chi connectivity index (χ2n) is 8.67. The summed E-state index contributed by atoms with van der Waals surface area (Å²) in [6.45, 7) is 3.14. The Balaban J connectivity index is 1.30. The van der Waals surface area contributed by atoms with E-state index in [0.29, 0.717) is 6.42 Å². The topological polar surface area (TPSA) is 72.7 Å². The molecule has 0 spiro atoms. The monoisotopic (exact) mass is 500 g/mol. The van der Waals surface area contributed by atoms with E-state index in [9.17, 15) is 4.79 Å². The standard InChI is InChI=1S/C29H28N2O4S/c1-20(30-14-5-6-21-13-15-36-18-21)25(22-9-11-26-28(16-22)34-19-33-26)17-24-10-12-27(35-24)29(32)31-23-7-3-2-4-8-23/h2-13,15-16,18,20,25,30H,14,17,19H2,1H3,(H,31,32). The van der Waals surface area contributed by atoms with Gasteiger partial charge in [0, 0.05) is 30.6 Å². The number of fused-ring (bicyclic) bond motifs is 1. The van der Waals surface area contributed by atoms with Crippen LogP contribution in [0.3, 0.4) is 0 Å². The van der Waals surface area contributed by atoms with Crippen LogP contribution in [0.5, 0.6) is 11.5 Å². The fourth-order valence-corrected chi connectivity index (χ4v) is 4.86. The summed E-state index contributed by atoms with van der Waals surface area (Å²) in [7, 11) is 0. The van der Waals surface area contributed by atoms with Crippen LogP contribution in [-0.2, 0) is 6.42 Å². The van der Waals surface area contributed by atoms with E-state index in [2.05, 4.69) is 52.6 Å². The predicted molar refractivity (Wildman–Crippen MR) is 143 cm³/mol. The van der Waals surface area contributed by atoms with Crippen LogP contribution < -0.4 is 20.1 Å². The molecule has 0 saturated carbocycles. The minimum Gasteiger partial charge on any atom is -0.456 e. The number of hydrogen-bond acceptors (Lipinski definition) is 6. The van der Waals surface area contributed by atoms with E-state index < -0.39 is 0 Å². The van der Waals surface area contributed by atoms with Gasteiger partial charge in [0.25, 0.3) is 5.91 Å². The minimum atomic E-state index is -0.267. The van der Waals surface area contributed by atoms with E-state index in [4.69, 9.17) is 13.9 Å². The number of carbonyl (C=O) groups excluding carboxylic acids is 1. The van der Waals surface area contributed by atoms with Crippen molar-refractivity contribution < 1.29 is 18.7 Å². The summed E-state index contributed by atoms with van der Waals surface area (Å²) in [6.07, 6.45) is 4.88. The Hall–Kier alpha value is -3.81. The quantitative estimate of drug-likeness (QED) is 0.266. The van der Waals surface area contributed by atoms with Crippen LogP contribution in [0, 0.1) is 0 Å². The summed E-state index contributed by atoms with van der Waals surface area (Å²) in [4.78, 5) is 12.7. The van der Waals surface area contributed by atoms with Crippen molar-refractivity contribution in [1.82, 2.24) is 5.32 Å². The van der Waals surface area contributed by atoms with Crippen LogP contribution in [0.25, 0.3) is 6.08 Å². The van der Waals surface area contributed by atoms with Gasteiger partial charge in [0.1, 0.15) is 5.76 Å². The highest BCUT2D eigenvalue weighted by atomic mass is 32.1. The average molecular weight is 501 g/mol. The van der Waals surface area contributed by atoms with Gasteiger partial charge in [0.05, 0.1) is 0 Å². The molecule has 2 unspecified atom stereocenters. The number of ether oxygens (including phenoxy) is 2. The number of furan rings is 1. The zero-order chi connectivity index (χ0) is 24.7. The molecule has 0 saturated heterocycles. The molecule has 5 rings (SSSR count). The van der Waals surface area contributed by atoms with Crippen molar-refractivity contribution in [3.63, 3.8) is 0 Å². The molecule has 2 atom stereocenters. The van der Waals surface area contributed by atoms with Gasteiger partial charge in [-0.2, -0.15) is 11.3 Å². The zero-order valence-corrected chi connectivity index (χ0v) is 20.8. The molecule has 0 fully saturated rings. The molecule has 36 heavy (non-hydrogen) atoms. The molecule has 2 aromatic heterocycles. The van der Waals surface area contributed by atoms with Crippen LogP contribution in [0.15, 0.2) is 88.0 Å². The molecule has 2 aromatic carbocycles. The maximum absolute atomic E-state index is 12.7. The van der Waals surface area contributed by atoms with Crippen molar-refractivity contribution >= 4 is 29.0 Å². The van der Waals surface area contributed by atoms with Crippen LogP contribution in [0.1, 0.15) is 40.3 Å². The maximum atomic E-state index is 12.7. The fourth-order valence-electron chi connectivity index (χ4n) is 4.23. The molecule has 0 radical (unpaired) electrons. The third kappa shape index (κ3) is 5.87. The largest absolute Gasteiger partial charge is 0.456 e. The van der Waals surface area contributed by atoms with E-state index in [-0.39, 0.29) is 30.4 Å². The van der Waals surface area contributed by atoms with Gasteiger partial charge >= 0.3 is 0 Å². The second kappa shape index (κ2) is 11.3. The molecule has 1 aliphatic heterocycles. The van der Waals surface area contributed by atoms with E-state index in [1.165, 1.54) is 5.56 Å². The maximum Gasteiger partial charge on any atom is 0.291 e. The SMILES string of the molecule is CC(NCC=Cc1ccsc1)C(Cc1ccc(C(=O)Nc2ccccc2)o1)c1ccc2c(c1)OCO2. The van der Waals surface area contributed by atoms with Crippen molar-refractivity contribution in [3.05, 3.63) is 106 Å². The molecule has 7 heteroatoms. The van der Waals surface area contributed by atoms with Crippen molar-refractivity contribution in [3.8, 4) is 11.5 Å². The number of nitrogens with one attached hydrogen (secondary N) is 2. The first-order valence-corrected chi connectivity index (χ1v) is 12.9. The zero-order valence-electron chi connectivity index (χ0n) is 20.0. The molecule has 1 amide bonds. The molecule has 0 bridgehead atoms. The fraction of sp³-hybridized carbons (Fsp3) is 0.207. The van der Waals surface area contributed by atoms with Crippen molar-refractivity contribution in [2.75, 3.05) is 18.7 Å². The first kappa shape index (κ1) is 23.9. The van der Waals surface area contributed by atoms with Crippen molar-refractivity contribution in [2.24, 2.45) is 0 Å². The minimum absolute atomic E-state index is 0.0882. The number of para-hydroxylation sites is 1. The average Bonchev–Trinajstić information content (AvgIpc) is 3.67. The molecule has 2 N–H and O–H groups in total. The van der Waals surface area contributed by atoms with E-state index >= 15 is 0 Å². The molecule has 1 aliphatic rings. The number of anilines is 1. The lowest BCUT2D eigenvalue weighted by atomic mass is 9.88. The van der Waals surface area contributed by atoms with E-state index in [1.807, 2.05) is 48.5 Å². The molecule has 3 heterocycles. The first-order chi connectivity index (χ1) is 17.7. The van der Waals surface area contributed by atoms with Crippen molar-refractivity contribution in [1.29, 1.82) is 0 Å². The summed E-state index contributed by atoms with van der Waals surface area (Å²) >= 11 is 1.69. The lowest BCUT2D eigenvalue weighted by Crippen LogP contribution is -2.33. The summed E-state index contributed by atoms with van der Waals surface area (Å²) in [6, 6.07) is 21.3. The van der Waals surface area contributed by atoms with Gasteiger partial charge in [-0.25, -0.2) is 0 Å². The van der Waals surface area contributed by atoms with Gasteiger partial charge in [-0.3, -0.25) is 4.79 Å². The lowest BCUT2D eigenvalue weighted by Gasteiger charge is -2.25. The van der Waals surface area contributed by atoms with Crippen molar-refractivity contribution in [2.45, 2.75) is 25.3 Å². The second-order valence-corrected chi connectivity index (χ2v) is 9.45. The number of benzene rings is 2. The highest BCUT2D eigenvalue weighted by Gasteiger charge is 2.24. The number of hydrogen-bond donors (Lipinski definition) is 2. The lowest BCUT2D eigenvalue weighted by molar-refractivity contribution is 0.0994. The summed E-state index contributed by atoms with van der Waals surface area (Å²) < 4.78 is 17.1. The Morgan fingerprint density at radius 1 is 1.06 bits per heavy atom. The van der Waals surface area contributed by atoms with Crippen LogP contribution >= 0.6 is 11.3 Å². The molecule has 0 aliphatic carbocycles. The Morgan fingerprint density at radius 3 is 2.75 bits per heavy atom. The summed E-state index contributed by atoms with van der Waals surface area (Å²) in [5.41, 5.74) is 3.05. The molecule has 6 nitrogen and oxygen atoms in total. The molecule has 184 valence electrons. The van der Waals surface area contributed by atoms with Gasteiger partial charge in [0.2, 0.25) is 6.79 Å². The van der Waals surface area contributed by atoms with Crippen LogP contribution in [0.4, 0.5) is 5.69 Å². The molecular formula is C29H28N2O4S. The summed E-state index contributed by atoms with van der Waals surface area (Å²) in [5.74, 6) is 2.37. The molecular weight excluding hydrogens is 472 g/mol. The van der Waals surface area contributed by atoms with Gasteiger partial charge < -0.3 is 24.5 Å². The first-order valence-electron chi connectivity index (χ1n) is 11.9. The number of thiophene rings is 1. The van der Waals surface area contributed by atoms with Crippen LogP contribution in [0.2, 0.25) is 0 Å². The van der Waals surface area contributed by atoms with Gasteiger partial charge in [-0.1, -0.05) is 36.4 Å². The third-order valence-electron chi connectivity index (χ3n) is 6.18.